The highest BCUT2D eigenvalue weighted by Gasteiger charge is 2.24. The van der Waals surface area contributed by atoms with E-state index >= 15 is 0 Å². The molecule has 0 radical (unpaired) electrons. The minimum atomic E-state index is -0.752. The van der Waals surface area contributed by atoms with E-state index in [1.165, 1.54) is 54.7 Å². The fraction of sp³-hybridized carbons (Fsp3) is 0.286. The van der Waals surface area contributed by atoms with E-state index < -0.39 is 29.9 Å². The highest BCUT2D eigenvalue weighted by atomic mass is 19.1. The zero-order valence-electron chi connectivity index (χ0n) is 22.1. The van der Waals surface area contributed by atoms with Gasteiger partial charge < -0.3 is 25.2 Å². The predicted molar refractivity (Wildman–Crippen MR) is 146 cm³/mol. The van der Waals surface area contributed by atoms with Crippen LogP contribution in [0.5, 0.6) is 11.5 Å². The van der Waals surface area contributed by atoms with Crippen LogP contribution >= 0.6 is 0 Å². The maximum absolute atomic E-state index is 14.7. The molecule has 2 aromatic carbocycles. The Hall–Kier alpha value is -4.58. The number of piperidine rings is 1. The minimum absolute atomic E-state index is 0.112. The summed E-state index contributed by atoms with van der Waals surface area (Å²) in [6.07, 6.45) is 2.69. The van der Waals surface area contributed by atoms with Gasteiger partial charge in [-0.2, -0.15) is 0 Å². The van der Waals surface area contributed by atoms with Gasteiger partial charge in [0.25, 0.3) is 0 Å². The van der Waals surface area contributed by atoms with Gasteiger partial charge in [-0.1, -0.05) is 0 Å². The number of anilines is 3. The average Bonchev–Trinajstić information content (AvgIpc) is 2.91. The van der Waals surface area contributed by atoms with Crippen LogP contribution in [0.3, 0.4) is 0 Å². The molecular weight excluding hydrogens is 522 g/mol. The first kappa shape index (κ1) is 28.4. The normalized spacial score (nSPS) is 13.8. The summed E-state index contributed by atoms with van der Waals surface area (Å²) in [6.45, 7) is 1.84. The van der Waals surface area contributed by atoms with Crippen molar-refractivity contribution in [3.05, 3.63) is 72.4 Å². The lowest BCUT2D eigenvalue weighted by Crippen LogP contribution is -2.46. The Morgan fingerprint density at radius 3 is 2.27 bits per heavy atom. The molecule has 1 fully saturated rings. The van der Waals surface area contributed by atoms with Crippen LogP contribution in [0.25, 0.3) is 0 Å². The molecule has 1 aliphatic rings. The summed E-state index contributed by atoms with van der Waals surface area (Å²) in [4.78, 5) is 45.0. The van der Waals surface area contributed by atoms with Gasteiger partial charge in [0, 0.05) is 42.8 Å². The highest BCUT2D eigenvalue weighted by molar-refractivity contribution is 6.08. The second-order valence-electron chi connectivity index (χ2n) is 9.48. The van der Waals surface area contributed by atoms with E-state index in [9.17, 15) is 23.2 Å². The molecule has 1 aliphatic heterocycles. The number of likely N-dealkylation sites (tertiary alicyclic amines) is 1. The molecule has 4 rings (SSSR count). The van der Waals surface area contributed by atoms with Gasteiger partial charge in [-0.15, -0.1) is 0 Å². The molecule has 2 heterocycles. The Morgan fingerprint density at radius 1 is 0.950 bits per heavy atom. The zero-order valence-corrected chi connectivity index (χ0v) is 22.1. The van der Waals surface area contributed by atoms with Gasteiger partial charge in [0.1, 0.15) is 23.8 Å². The Kier molecular flexibility index (Phi) is 9.23. The largest absolute Gasteiger partial charge is 0.454 e. The third-order valence-electron chi connectivity index (χ3n) is 6.42. The molecule has 0 atom stereocenters. The number of aromatic nitrogens is 1. The monoisotopic (exact) mass is 552 g/mol. The van der Waals surface area contributed by atoms with Crippen LogP contribution in [0.2, 0.25) is 0 Å². The maximum atomic E-state index is 14.7. The molecule has 0 unspecified atom stereocenters. The first-order chi connectivity index (χ1) is 19.2. The molecule has 210 valence electrons. The second kappa shape index (κ2) is 13.0. The first-order valence-corrected chi connectivity index (χ1v) is 12.7. The van der Waals surface area contributed by atoms with E-state index in [4.69, 9.17) is 4.74 Å². The van der Waals surface area contributed by atoms with Crippen LogP contribution in [-0.4, -0.2) is 65.9 Å². The van der Waals surface area contributed by atoms with Gasteiger partial charge in [0.2, 0.25) is 11.8 Å². The van der Waals surface area contributed by atoms with Gasteiger partial charge in [0.05, 0.1) is 0 Å². The summed E-state index contributed by atoms with van der Waals surface area (Å²) in [6, 6.07) is 11.8. The zero-order chi connectivity index (χ0) is 28.6. The van der Waals surface area contributed by atoms with Crippen molar-refractivity contribution in [2.24, 2.45) is 0 Å². The molecule has 40 heavy (non-hydrogen) atoms. The number of urea groups is 1. The van der Waals surface area contributed by atoms with Gasteiger partial charge in [-0.3, -0.25) is 14.9 Å². The highest BCUT2D eigenvalue weighted by Crippen LogP contribution is 2.28. The van der Waals surface area contributed by atoms with Crippen LogP contribution in [0.15, 0.2) is 60.8 Å². The minimum Gasteiger partial charge on any atom is -0.454 e. The number of halogens is 2. The number of ether oxygens (including phenoxy) is 1. The van der Waals surface area contributed by atoms with Crippen molar-refractivity contribution < 1.29 is 27.9 Å². The lowest BCUT2D eigenvalue weighted by atomic mass is 10.0. The molecule has 0 spiro atoms. The fourth-order valence-corrected chi connectivity index (χ4v) is 4.17. The van der Waals surface area contributed by atoms with E-state index in [0.29, 0.717) is 5.69 Å². The number of nitrogens with one attached hydrogen (secondary N) is 3. The predicted octanol–water partition coefficient (Wildman–Crippen LogP) is 4.68. The number of carbonyl (C=O) groups is 3. The first-order valence-electron chi connectivity index (χ1n) is 12.7. The standard InChI is InChI=1S/C28H30F2N6O4/c1-35-13-10-21(11-14-35)36(2)28(39)34-25-16-22(9-12-31-25)40-24-8-7-20(15-23(24)30)33-27(38)17-26(37)32-19-5-3-18(29)4-6-19/h3-9,12,15-16,21H,10-11,13-14,17H2,1-2H3,(H,32,37)(H,33,38)(H,31,34,39). The number of amides is 4. The SMILES string of the molecule is CN1CCC(N(C)C(=O)Nc2cc(Oc3ccc(NC(=O)CC(=O)Nc4ccc(F)cc4)cc3F)ccn2)CC1. The third kappa shape index (κ3) is 7.96. The van der Waals surface area contributed by atoms with E-state index in [1.54, 1.807) is 11.9 Å². The topological polar surface area (TPSA) is 116 Å². The summed E-state index contributed by atoms with van der Waals surface area (Å²) in [7, 11) is 3.80. The van der Waals surface area contributed by atoms with Crippen molar-refractivity contribution in [2.75, 3.05) is 43.1 Å². The van der Waals surface area contributed by atoms with Gasteiger partial charge >= 0.3 is 6.03 Å². The maximum Gasteiger partial charge on any atom is 0.323 e. The van der Waals surface area contributed by atoms with Crippen molar-refractivity contribution >= 4 is 35.0 Å². The molecule has 3 N–H and O–H groups in total. The number of pyridine rings is 1. The van der Waals surface area contributed by atoms with Crippen LogP contribution in [0, 0.1) is 11.6 Å². The number of hydrogen-bond acceptors (Lipinski definition) is 6. The summed E-state index contributed by atoms with van der Waals surface area (Å²) >= 11 is 0. The fourth-order valence-electron chi connectivity index (χ4n) is 4.17. The quantitative estimate of drug-likeness (QED) is 0.350. The molecule has 0 bridgehead atoms. The van der Waals surface area contributed by atoms with Crippen LogP contribution in [-0.2, 0) is 9.59 Å². The van der Waals surface area contributed by atoms with Crippen molar-refractivity contribution in [1.82, 2.24) is 14.8 Å². The molecule has 0 aliphatic carbocycles. The lowest BCUT2D eigenvalue weighted by molar-refractivity contribution is -0.123. The number of hydrogen-bond donors (Lipinski definition) is 3. The number of rotatable bonds is 8. The summed E-state index contributed by atoms with van der Waals surface area (Å²) in [5.41, 5.74) is 0.471. The summed E-state index contributed by atoms with van der Waals surface area (Å²) in [5.74, 6) is -2.08. The van der Waals surface area contributed by atoms with Crippen molar-refractivity contribution in [2.45, 2.75) is 25.3 Å². The van der Waals surface area contributed by atoms with Crippen LogP contribution < -0.4 is 20.7 Å². The van der Waals surface area contributed by atoms with Crippen LogP contribution in [0.1, 0.15) is 19.3 Å². The van der Waals surface area contributed by atoms with Crippen molar-refractivity contribution in [3.8, 4) is 11.5 Å². The van der Waals surface area contributed by atoms with Gasteiger partial charge in [0.15, 0.2) is 11.6 Å². The number of carbonyl (C=O) groups excluding carboxylic acids is 3. The Bertz CT molecular complexity index is 1360. The Balaban J connectivity index is 1.30. The average molecular weight is 553 g/mol. The van der Waals surface area contributed by atoms with E-state index in [0.717, 1.165) is 32.0 Å². The van der Waals surface area contributed by atoms with Crippen molar-refractivity contribution in [1.29, 1.82) is 0 Å². The summed E-state index contributed by atoms with van der Waals surface area (Å²) in [5, 5.41) is 7.67. The van der Waals surface area contributed by atoms with Gasteiger partial charge in [-0.25, -0.2) is 18.6 Å². The molecule has 12 heteroatoms. The molecule has 1 aromatic heterocycles. The molecule has 10 nitrogen and oxygen atoms in total. The Labute approximate surface area is 230 Å². The third-order valence-corrected chi connectivity index (χ3v) is 6.42. The molecule has 4 amide bonds. The molecular formula is C28H30F2N6O4. The van der Waals surface area contributed by atoms with Crippen LogP contribution in [0.4, 0.5) is 30.8 Å². The Morgan fingerprint density at radius 2 is 1.60 bits per heavy atom. The van der Waals surface area contributed by atoms with E-state index in [-0.39, 0.29) is 35.1 Å². The molecule has 1 saturated heterocycles. The number of benzene rings is 2. The summed E-state index contributed by atoms with van der Waals surface area (Å²) < 4.78 is 33.3. The van der Waals surface area contributed by atoms with E-state index in [1.807, 2.05) is 0 Å². The molecule has 3 aromatic rings. The second-order valence-corrected chi connectivity index (χ2v) is 9.48. The van der Waals surface area contributed by atoms with Gasteiger partial charge in [-0.05, 0) is 75.4 Å². The van der Waals surface area contributed by atoms with E-state index in [2.05, 4.69) is 32.9 Å². The molecule has 0 saturated carbocycles. The smallest absolute Gasteiger partial charge is 0.323 e. The van der Waals surface area contributed by atoms with Crippen molar-refractivity contribution in [3.63, 3.8) is 0 Å². The number of nitrogens with zero attached hydrogens (tertiary/aromatic N) is 3. The lowest BCUT2D eigenvalue weighted by Gasteiger charge is -2.34.